The minimum Gasteiger partial charge on any atom is -0.314 e. The SMILES string of the molecule is CCNC(Cc1ccsc1)C1CCCCCCC1. The topological polar surface area (TPSA) is 12.0 Å². The fourth-order valence-corrected chi connectivity index (χ4v) is 3.90. The number of nitrogens with one attached hydrogen (secondary N) is 1. The first-order chi connectivity index (χ1) is 8.90. The Morgan fingerprint density at radius 2 is 1.94 bits per heavy atom. The predicted octanol–water partition coefficient (Wildman–Crippen LogP) is 4.63. The lowest BCUT2D eigenvalue weighted by molar-refractivity contribution is 0.286. The minimum atomic E-state index is 0.697. The van der Waals surface area contributed by atoms with Gasteiger partial charge in [-0.05, 0) is 54.1 Å². The molecule has 1 unspecified atom stereocenters. The second-order valence-corrected chi connectivity index (χ2v) is 6.39. The zero-order valence-corrected chi connectivity index (χ0v) is 12.5. The van der Waals surface area contributed by atoms with E-state index in [4.69, 9.17) is 0 Å². The smallest absolute Gasteiger partial charge is 0.0136 e. The monoisotopic (exact) mass is 265 g/mol. The molecule has 1 heterocycles. The van der Waals surface area contributed by atoms with Crippen LogP contribution in [0.5, 0.6) is 0 Å². The van der Waals surface area contributed by atoms with Crippen molar-refractivity contribution < 1.29 is 0 Å². The van der Waals surface area contributed by atoms with Crippen LogP contribution in [0.2, 0.25) is 0 Å². The van der Waals surface area contributed by atoms with Crippen molar-refractivity contribution in [2.75, 3.05) is 6.54 Å². The summed E-state index contributed by atoms with van der Waals surface area (Å²) in [5.41, 5.74) is 1.52. The largest absolute Gasteiger partial charge is 0.314 e. The van der Waals surface area contributed by atoms with Crippen molar-refractivity contribution >= 4 is 11.3 Å². The Morgan fingerprint density at radius 3 is 2.56 bits per heavy atom. The zero-order valence-electron chi connectivity index (χ0n) is 11.7. The van der Waals surface area contributed by atoms with Crippen LogP contribution in [0.4, 0.5) is 0 Å². The second kappa shape index (κ2) is 7.96. The molecule has 1 saturated carbocycles. The maximum absolute atomic E-state index is 3.74. The highest BCUT2D eigenvalue weighted by molar-refractivity contribution is 7.07. The molecule has 1 atom stereocenters. The first-order valence-corrected chi connectivity index (χ1v) is 8.59. The molecule has 102 valence electrons. The molecule has 1 aliphatic carbocycles. The molecule has 18 heavy (non-hydrogen) atoms. The maximum Gasteiger partial charge on any atom is 0.0136 e. The molecule has 0 saturated heterocycles. The van der Waals surface area contributed by atoms with E-state index in [1.54, 1.807) is 0 Å². The van der Waals surface area contributed by atoms with Gasteiger partial charge in [0, 0.05) is 6.04 Å². The van der Waals surface area contributed by atoms with Crippen molar-refractivity contribution in [2.24, 2.45) is 5.92 Å². The molecule has 1 aromatic rings. The molecule has 1 fully saturated rings. The number of hydrogen-bond donors (Lipinski definition) is 1. The molecule has 0 spiro atoms. The third kappa shape index (κ3) is 4.40. The average molecular weight is 265 g/mol. The molecule has 0 amide bonds. The molecule has 1 aromatic heterocycles. The summed E-state index contributed by atoms with van der Waals surface area (Å²) in [6, 6.07) is 2.99. The first kappa shape index (κ1) is 14.1. The fraction of sp³-hybridized carbons (Fsp3) is 0.750. The van der Waals surface area contributed by atoms with Crippen LogP contribution in [0, 0.1) is 5.92 Å². The van der Waals surface area contributed by atoms with Crippen LogP contribution >= 0.6 is 11.3 Å². The summed E-state index contributed by atoms with van der Waals surface area (Å²) < 4.78 is 0. The van der Waals surface area contributed by atoms with Crippen molar-refractivity contribution in [3.05, 3.63) is 22.4 Å². The summed E-state index contributed by atoms with van der Waals surface area (Å²) in [7, 11) is 0. The summed E-state index contributed by atoms with van der Waals surface area (Å²) in [5.74, 6) is 0.894. The van der Waals surface area contributed by atoms with E-state index in [0.29, 0.717) is 6.04 Å². The third-order valence-electron chi connectivity index (χ3n) is 4.22. The van der Waals surface area contributed by atoms with Crippen molar-refractivity contribution in [1.29, 1.82) is 0 Å². The van der Waals surface area contributed by atoms with Crippen LogP contribution < -0.4 is 5.32 Å². The average Bonchev–Trinajstić information content (AvgIpc) is 2.81. The van der Waals surface area contributed by atoms with Gasteiger partial charge >= 0.3 is 0 Å². The molecule has 2 rings (SSSR count). The normalized spacial score (nSPS) is 20.3. The van der Waals surface area contributed by atoms with Gasteiger partial charge in [-0.1, -0.05) is 39.0 Å². The molecule has 0 aliphatic heterocycles. The van der Waals surface area contributed by atoms with E-state index >= 15 is 0 Å². The van der Waals surface area contributed by atoms with Gasteiger partial charge in [-0.2, -0.15) is 11.3 Å². The Kier molecular flexibility index (Phi) is 6.22. The van der Waals surface area contributed by atoms with E-state index in [9.17, 15) is 0 Å². The van der Waals surface area contributed by atoms with Crippen molar-refractivity contribution in [3.8, 4) is 0 Å². The molecule has 1 nitrogen and oxygen atoms in total. The van der Waals surface area contributed by atoms with Crippen LogP contribution in [0.1, 0.15) is 57.4 Å². The number of likely N-dealkylation sites (N-methyl/N-ethyl adjacent to an activating group) is 1. The Bertz CT molecular complexity index is 299. The Hall–Kier alpha value is -0.340. The highest BCUT2D eigenvalue weighted by Gasteiger charge is 2.21. The molecular formula is C16H27NS. The summed E-state index contributed by atoms with van der Waals surface area (Å²) in [5, 5.41) is 8.26. The summed E-state index contributed by atoms with van der Waals surface area (Å²) >= 11 is 1.83. The van der Waals surface area contributed by atoms with Crippen LogP contribution in [0.15, 0.2) is 16.8 Å². The van der Waals surface area contributed by atoms with Crippen LogP contribution in [-0.4, -0.2) is 12.6 Å². The van der Waals surface area contributed by atoms with Crippen molar-refractivity contribution in [2.45, 2.75) is 64.3 Å². The Balaban J connectivity index is 1.93. The van der Waals surface area contributed by atoms with E-state index in [2.05, 4.69) is 29.1 Å². The highest BCUT2D eigenvalue weighted by Crippen LogP contribution is 2.27. The summed E-state index contributed by atoms with van der Waals surface area (Å²) in [6.45, 7) is 3.34. The molecule has 0 radical (unpaired) electrons. The first-order valence-electron chi connectivity index (χ1n) is 7.64. The van der Waals surface area contributed by atoms with Gasteiger partial charge in [0.15, 0.2) is 0 Å². The van der Waals surface area contributed by atoms with E-state index in [1.807, 2.05) is 11.3 Å². The lowest BCUT2D eigenvalue weighted by atomic mass is 9.83. The van der Waals surface area contributed by atoms with Gasteiger partial charge in [0.1, 0.15) is 0 Å². The molecular weight excluding hydrogens is 238 g/mol. The van der Waals surface area contributed by atoms with Crippen molar-refractivity contribution in [1.82, 2.24) is 5.32 Å². The van der Waals surface area contributed by atoms with Gasteiger partial charge in [-0.15, -0.1) is 0 Å². The summed E-state index contributed by atoms with van der Waals surface area (Å²) in [4.78, 5) is 0. The van der Waals surface area contributed by atoms with Gasteiger partial charge in [0.25, 0.3) is 0 Å². The van der Waals surface area contributed by atoms with Crippen LogP contribution in [0.3, 0.4) is 0 Å². The van der Waals surface area contributed by atoms with Gasteiger partial charge in [-0.25, -0.2) is 0 Å². The minimum absolute atomic E-state index is 0.697. The number of hydrogen-bond acceptors (Lipinski definition) is 2. The van der Waals surface area contributed by atoms with E-state index in [0.717, 1.165) is 12.5 Å². The predicted molar refractivity (Wildman–Crippen MR) is 81.3 cm³/mol. The van der Waals surface area contributed by atoms with Gasteiger partial charge in [0.2, 0.25) is 0 Å². The van der Waals surface area contributed by atoms with Gasteiger partial charge in [0.05, 0.1) is 0 Å². The van der Waals surface area contributed by atoms with E-state index in [1.165, 1.54) is 56.9 Å². The molecule has 1 N–H and O–H groups in total. The lowest BCUT2D eigenvalue weighted by Crippen LogP contribution is -2.38. The molecule has 2 heteroatoms. The van der Waals surface area contributed by atoms with Gasteiger partial charge in [-0.3, -0.25) is 0 Å². The highest BCUT2D eigenvalue weighted by atomic mass is 32.1. The number of rotatable bonds is 5. The quantitative estimate of drug-likeness (QED) is 0.818. The van der Waals surface area contributed by atoms with E-state index in [-0.39, 0.29) is 0 Å². The van der Waals surface area contributed by atoms with Crippen LogP contribution in [-0.2, 0) is 6.42 Å². The Morgan fingerprint density at radius 1 is 1.22 bits per heavy atom. The Labute approximate surface area is 116 Å². The number of thiophene rings is 1. The molecule has 0 aromatic carbocycles. The van der Waals surface area contributed by atoms with Crippen LogP contribution in [0.25, 0.3) is 0 Å². The molecule has 0 bridgehead atoms. The molecule has 1 aliphatic rings. The lowest BCUT2D eigenvalue weighted by Gasteiger charge is -2.29. The van der Waals surface area contributed by atoms with Crippen molar-refractivity contribution in [3.63, 3.8) is 0 Å². The third-order valence-corrected chi connectivity index (χ3v) is 4.95. The summed E-state index contributed by atoms with van der Waals surface area (Å²) in [6.07, 6.45) is 11.3. The standard InChI is InChI=1S/C16H27NS/c1-2-17-16(12-14-10-11-18-13-14)15-8-6-4-3-5-7-9-15/h10-11,13,15-17H,2-9,12H2,1H3. The van der Waals surface area contributed by atoms with E-state index < -0.39 is 0 Å². The maximum atomic E-state index is 3.74. The fourth-order valence-electron chi connectivity index (χ4n) is 3.22. The second-order valence-electron chi connectivity index (χ2n) is 5.61. The van der Waals surface area contributed by atoms with Gasteiger partial charge < -0.3 is 5.32 Å². The zero-order chi connectivity index (χ0) is 12.6.